The summed E-state index contributed by atoms with van der Waals surface area (Å²) in [6.07, 6.45) is 5.15. The molecule has 0 N–H and O–H groups in total. The van der Waals surface area contributed by atoms with Crippen LogP contribution in [0.25, 0.3) is 10.2 Å². The second-order valence-corrected chi connectivity index (χ2v) is 12.1. The van der Waals surface area contributed by atoms with Crippen molar-refractivity contribution in [1.82, 2.24) is 14.3 Å². The summed E-state index contributed by atoms with van der Waals surface area (Å²) in [7, 11) is -3.64. The van der Waals surface area contributed by atoms with E-state index in [-0.39, 0.29) is 4.90 Å². The van der Waals surface area contributed by atoms with E-state index >= 15 is 0 Å². The molecule has 1 aliphatic carbocycles. The number of sulfonamides is 1. The molecule has 1 fully saturated rings. The predicted octanol–water partition coefficient (Wildman–Crippen LogP) is 4.42. The van der Waals surface area contributed by atoms with E-state index in [4.69, 9.17) is 9.97 Å². The van der Waals surface area contributed by atoms with E-state index in [2.05, 4.69) is 18.7 Å². The minimum atomic E-state index is -3.64. The minimum Gasteiger partial charge on any atom is -0.353 e. The number of halogens is 1. The van der Waals surface area contributed by atoms with E-state index in [9.17, 15) is 12.8 Å². The Morgan fingerprint density at radius 2 is 1.85 bits per heavy atom. The van der Waals surface area contributed by atoms with Gasteiger partial charge in [0.05, 0.1) is 10.3 Å². The Balaban J connectivity index is 1.45. The van der Waals surface area contributed by atoms with Gasteiger partial charge in [-0.2, -0.15) is 4.31 Å². The van der Waals surface area contributed by atoms with Crippen LogP contribution in [-0.2, 0) is 29.3 Å². The number of piperazine rings is 1. The molecule has 2 aliphatic rings. The topological polar surface area (TPSA) is 66.4 Å². The molecule has 1 saturated heterocycles. The molecule has 0 saturated carbocycles. The Hall–Kier alpha value is -2.10. The van der Waals surface area contributed by atoms with Gasteiger partial charge in [-0.25, -0.2) is 22.8 Å². The first-order valence-corrected chi connectivity index (χ1v) is 13.9. The molecule has 1 aromatic carbocycles. The van der Waals surface area contributed by atoms with Gasteiger partial charge in [0.25, 0.3) is 0 Å². The fraction of sp³-hybridized carbons (Fsp3) is 0.500. The minimum absolute atomic E-state index is 0.132. The summed E-state index contributed by atoms with van der Waals surface area (Å²) in [5.41, 5.74) is 1.40. The number of hydrogen-bond donors (Lipinski definition) is 0. The van der Waals surface area contributed by atoms with Crippen molar-refractivity contribution in [3.05, 3.63) is 46.3 Å². The second kappa shape index (κ2) is 8.92. The van der Waals surface area contributed by atoms with Gasteiger partial charge >= 0.3 is 0 Å². The van der Waals surface area contributed by atoms with Crippen molar-refractivity contribution in [2.45, 2.75) is 50.8 Å². The zero-order valence-corrected chi connectivity index (χ0v) is 20.7. The number of benzene rings is 1. The van der Waals surface area contributed by atoms with E-state index in [1.54, 1.807) is 0 Å². The summed E-state index contributed by atoms with van der Waals surface area (Å²) in [5, 5.41) is 1.18. The molecule has 0 radical (unpaired) electrons. The Kier molecular flexibility index (Phi) is 6.13. The van der Waals surface area contributed by atoms with Gasteiger partial charge in [-0.15, -0.1) is 11.3 Å². The van der Waals surface area contributed by atoms with Crippen LogP contribution in [0.5, 0.6) is 0 Å². The SMILES string of the molecule is CCCc1nc(N2CCN(S(=O)(=O)c3ccc(F)cc3)CC2)c2c3c(sc2n1)CC(C)CC3. The number of anilines is 1. The van der Waals surface area contributed by atoms with Crippen molar-refractivity contribution in [3.63, 3.8) is 0 Å². The van der Waals surface area contributed by atoms with Crippen molar-refractivity contribution >= 4 is 37.4 Å². The highest BCUT2D eigenvalue weighted by molar-refractivity contribution is 7.89. The highest BCUT2D eigenvalue weighted by Crippen LogP contribution is 2.41. The van der Waals surface area contributed by atoms with E-state index in [0.717, 1.165) is 42.2 Å². The van der Waals surface area contributed by atoms with Crippen molar-refractivity contribution in [3.8, 4) is 0 Å². The average Bonchev–Trinajstić information content (AvgIpc) is 3.16. The molecule has 0 bridgehead atoms. The second-order valence-electron chi connectivity index (χ2n) is 9.09. The van der Waals surface area contributed by atoms with Crippen LogP contribution >= 0.6 is 11.3 Å². The molecule has 3 aromatic rings. The molecule has 1 unspecified atom stereocenters. The lowest BCUT2D eigenvalue weighted by Gasteiger charge is -2.35. The third-order valence-corrected chi connectivity index (χ3v) is 9.71. The van der Waals surface area contributed by atoms with Crippen LogP contribution in [0.3, 0.4) is 0 Å². The largest absolute Gasteiger partial charge is 0.353 e. The molecule has 3 heterocycles. The monoisotopic (exact) mass is 488 g/mol. The van der Waals surface area contributed by atoms with Gasteiger partial charge in [0, 0.05) is 37.5 Å². The quantitative estimate of drug-likeness (QED) is 0.532. The normalized spacial score (nSPS) is 19.7. The first-order valence-electron chi connectivity index (χ1n) is 11.7. The lowest BCUT2D eigenvalue weighted by atomic mass is 9.89. The predicted molar refractivity (Wildman–Crippen MR) is 130 cm³/mol. The lowest BCUT2D eigenvalue weighted by Crippen LogP contribution is -2.49. The van der Waals surface area contributed by atoms with Gasteiger partial charge in [0.1, 0.15) is 22.3 Å². The van der Waals surface area contributed by atoms with Crippen LogP contribution < -0.4 is 4.90 Å². The summed E-state index contributed by atoms with van der Waals surface area (Å²) in [5.74, 6) is 2.09. The van der Waals surface area contributed by atoms with Crippen molar-refractivity contribution < 1.29 is 12.8 Å². The number of thiophene rings is 1. The number of nitrogens with zero attached hydrogens (tertiary/aromatic N) is 4. The van der Waals surface area contributed by atoms with Crippen LogP contribution in [0.2, 0.25) is 0 Å². The summed E-state index contributed by atoms with van der Waals surface area (Å²) in [6, 6.07) is 5.05. The number of aryl methyl sites for hydroxylation is 2. The Morgan fingerprint density at radius 3 is 2.55 bits per heavy atom. The smallest absolute Gasteiger partial charge is 0.243 e. The molecule has 9 heteroatoms. The molecule has 176 valence electrons. The van der Waals surface area contributed by atoms with Crippen LogP contribution in [0.15, 0.2) is 29.2 Å². The molecule has 2 aromatic heterocycles. The molecule has 6 nitrogen and oxygen atoms in total. The fourth-order valence-corrected chi connectivity index (χ4v) is 7.64. The van der Waals surface area contributed by atoms with Gasteiger partial charge < -0.3 is 4.90 Å². The number of hydrogen-bond acceptors (Lipinski definition) is 6. The average molecular weight is 489 g/mol. The Bertz CT molecular complexity index is 1270. The van der Waals surface area contributed by atoms with E-state index in [0.29, 0.717) is 32.1 Å². The first-order chi connectivity index (χ1) is 15.9. The maximum Gasteiger partial charge on any atom is 0.243 e. The maximum absolute atomic E-state index is 13.3. The zero-order chi connectivity index (χ0) is 23.2. The van der Waals surface area contributed by atoms with Crippen molar-refractivity contribution in [2.75, 3.05) is 31.1 Å². The van der Waals surface area contributed by atoms with Crippen LogP contribution in [0, 0.1) is 11.7 Å². The molecular weight excluding hydrogens is 459 g/mol. The zero-order valence-electron chi connectivity index (χ0n) is 19.1. The van der Waals surface area contributed by atoms with E-state index in [1.807, 2.05) is 11.3 Å². The molecular formula is C24H29FN4O2S2. The Morgan fingerprint density at radius 1 is 1.12 bits per heavy atom. The standard InChI is InChI=1S/C24H29FN4O2S2/c1-3-4-21-26-23(22-19-10-5-16(2)15-20(19)32-24(22)27-21)28-11-13-29(14-12-28)33(30,31)18-8-6-17(25)7-9-18/h6-9,16H,3-5,10-15H2,1-2H3. The van der Waals surface area contributed by atoms with Gasteiger partial charge in [0.2, 0.25) is 10.0 Å². The lowest BCUT2D eigenvalue weighted by molar-refractivity contribution is 0.384. The summed E-state index contributed by atoms with van der Waals surface area (Å²) < 4.78 is 40.8. The van der Waals surface area contributed by atoms with E-state index in [1.165, 1.54) is 50.8 Å². The molecule has 0 amide bonds. The number of fused-ring (bicyclic) bond motifs is 3. The molecule has 5 rings (SSSR count). The van der Waals surface area contributed by atoms with Gasteiger partial charge in [-0.3, -0.25) is 0 Å². The number of rotatable bonds is 5. The van der Waals surface area contributed by atoms with Gasteiger partial charge in [-0.05, 0) is 61.4 Å². The molecule has 0 spiro atoms. The van der Waals surface area contributed by atoms with E-state index < -0.39 is 15.8 Å². The molecule has 1 atom stereocenters. The van der Waals surface area contributed by atoms with Gasteiger partial charge in [0.15, 0.2) is 0 Å². The van der Waals surface area contributed by atoms with Crippen LogP contribution in [0.4, 0.5) is 10.2 Å². The Labute approximate surface area is 198 Å². The highest BCUT2D eigenvalue weighted by Gasteiger charge is 2.31. The third kappa shape index (κ3) is 4.26. The summed E-state index contributed by atoms with van der Waals surface area (Å²) in [4.78, 5) is 14.7. The highest BCUT2D eigenvalue weighted by atomic mass is 32.2. The number of aromatic nitrogens is 2. The molecule has 33 heavy (non-hydrogen) atoms. The summed E-state index contributed by atoms with van der Waals surface area (Å²) >= 11 is 1.81. The van der Waals surface area contributed by atoms with Crippen molar-refractivity contribution in [1.29, 1.82) is 0 Å². The van der Waals surface area contributed by atoms with Crippen LogP contribution in [0.1, 0.15) is 43.0 Å². The summed E-state index contributed by atoms with van der Waals surface area (Å²) in [6.45, 7) is 6.32. The van der Waals surface area contributed by atoms with Gasteiger partial charge in [-0.1, -0.05) is 13.8 Å². The maximum atomic E-state index is 13.3. The molecule has 1 aliphatic heterocycles. The van der Waals surface area contributed by atoms with Crippen molar-refractivity contribution in [2.24, 2.45) is 5.92 Å². The third-order valence-electron chi connectivity index (χ3n) is 6.65. The fourth-order valence-electron chi connectivity index (χ4n) is 4.83. The first kappa shape index (κ1) is 22.7. The van der Waals surface area contributed by atoms with Crippen LogP contribution in [-0.4, -0.2) is 48.9 Å².